The Morgan fingerprint density at radius 2 is 1.83 bits per heavy atom. The lowest BCUT2D eigenvalue weighted by Gasteiger charge is -2.03. The first-order valence-electron chi connectivity index (χ1n) is 10.0. The molecule has 3 N–H and O–H groups in total. The lowest BCUT2D eigenvalue weighted by atomic mass is 10.1. The lowest BCUT2D eigenvalue weighted by Crippen LogP contribution is -2.28. The van der Waals surface area contributed by atoms with Crippen molar-refractivity contribution < 1.29 is 9.53 Å². The molecule has 0 spiro atoms. The van der Waals surface area contributed by atoms with Crippen molar-refractivity contribution in [3.8, 4) is 0 Å². The summed E-state index contributed by atoms with van der Waals surface area (Å²) in [6.45, 7) is 3.36. The fourth-order valence-corrected chi connectivity index (χ4v) is 2.96. The third-order valence-electron chi connectivity index (χ3n) is 4.56. The van der Waals surface area contributed by atoms with Crippen LogP contribution in [0.25, 0.3) is 0 Å². The Balaban J connectivity index is 1.80. The van der Waals surface area contributed by atoms with Gasteiger partial charge in [0.15, 0.2) is 0 Å². The first kappa shape index (κ1) is 21.2. The Kier molecular flexibility index (Phi) is 12.8. The molecule has 4 heteroatoms. The maximum atomic E-state index is 11.4. The van der Waals surface area contributed by atoms with Crippen LogP contribution < -0.4 is 11.1 Å². The van der Waals surface area contributed by atoms with Crippen molar-refractivity contribution in [3.05, 3.63) is 12.2 Å². The summed E-state index contributed by atoms with van der Waals surface area (Å²) < 4.78 is 5.69. The van der Waals surface area contributed by atoms with E-state index in [-0.39, 0.29) is 5.91 Å². The van der Waals surface area contributed by atoms with Crippen molar-refractivity contribution in [1.29, 1.82) is 0 Å². The molecular weight excluding hydrogens is 300 g/mol. The number of carbonyl (C=O) groups excluding carboxylic acids is 1. The molecule has 2 unspecified atom stereocenters. The maximum Gasteiger partial charge on any atom is 0.220 e. The van der Waals surface area contributed by atoms with E-state index in [1.165, 1.54) is 51.4 Å². The average molecular weight is 339 g/mol. The van der Waals surface area contributed by atoms with Crippen molar-refractivity contribution >= 4 is 5.91 Å². The van der Waals surface area contributed by atoms with Crippen LogP contribution in [0.3, 0.4) is 0 Å². The highest BCUT2D eigenvalue weighted by Gasteiger charge is 2.36. The normalized spacial score (nSPS) is 19.8. The first-order chi connectivity index (χ1) is 11.8. The molecule has 140 valence electrons. The van der Waals surface area contributed by atoms with Crippen molar-refractivity contribution in [1.82, 2.24) is 5.32 Å². The van der Waals surface area contributed by atoms with E-state index in [0.29, 0.717) is 31.7 Å². The summed E-state index contributed by atoms with van der Waals surface area (Å²) in [6.07, 6.45) is 19.6. The van der Waals surface area contributed by atoms with Crippen molar-refractivity contribution in [2.75, 3.05) is 13.1 Å². The van der Waals surface area contributed by atoms with Crippen LogP contribution in [-0.2, 0) is 9.53 Å². The Hall–Kier alpha value is -0.870. The average Bonchev–Trinajstić information content (AvgIpc) is 3.33. The molecule has 0 aliphatic carbocycles. The first-order valence-corrected chi connectivity index (χ1v) is 10.0. The number of allylic oxidation sites excluding steroid dienone is 1. The van der Waals surface area contributed by atoms with Gasteiger partial charge in [-0.25, -0.2) is 0 Å². The Labute approximate surface area is 148 Å². The van der Waals surface area contributed by atoms with Crippen LogP contribution in [0, 0.1) is 0 Å². The van der Waals surface area contributed by atoms with E-state index < -0.39 is 0 Å². The van der Waals surface area contributed by atoms with E-state index in [4.69, 9.17) is 10.5 Å². The number of rotatable bonds is 16. The van der Waals surface area contributed by atoms with Gasteiger partial charge in [-0.15, -0.1) is 0 Å². The van der Waals surface area contributed by atoms with Crippen molar-refractivity contribution in [3.63, 3.8) is 0 Å². The zero-order valence-corrected chi connectivity index (χ0v) is 15.6. The van der Waals surface area contributed by atoms with Crippen molar-refractivity contribution in [2.45, 2.75) is 96.2 Å². The summed E-state index contributed by atoms with van der Waals surface area (Å²) in [6, 6.07) is 0. The minimum absolute atomic E-state index is 0.138. The van der Waals surface area contributed by atoms with E-state index in [9.17, 15) is 4.79 Å². The fourth-order valence-electron chi connectivity index (χ4n) is 2.96. The molecule has 1 aliphatic rings. The van der Waals surface area contributed by atoms with Crippen LogP contribution in [-0.4, -0.2) is 31.2 Å². The third-order valence-corrected chi connectivity index (χ3v) is 4.56. The third kappa shape index (κ3) is 11.6. The Bertz CT molecular complexity index is 345. The quantitative estimate of drug-likeness (QED) is 0.253. The predicted molar refractivity (Wildman–Crippen MR) is 101 cm³/mol. The topological polar surface area (TPSA) is 67.7 Å². The molecule has 0 bridgehead atoms. The molecule has 0 radical (unpaired) electrons. The molecule has 1 saturated heterocycles. The van der Waals surface area contributed by atoms with E-state index in [0.717, 1.165) is 19.3 Å². The second-order valence-corrected chi connectivity index (χ2v) is 6.86. The van der Waals surface area contributed by atoms with Gasteiger partial charge in [0.1, 0.15) is 0 Å². The van der Waals surface area contributed by atoms with E-state index >= 15 is 0 Å². The zero-order chi connectivity index (χ0) is 17.5. The Morgan fingerprint density at radius 1 is 1.04 bits per heavy atom. The molecule has 1 amide bonds. The highest BCUT2D eigenvalue weighted by Crippen LogP contribution is 2.30. The molecule has 1 aliphatic heterocycles. The van der Waals surface area contributed by atoms with Gasteiger partial charge >= 0.3 is 0 Å². The summed E-state index contributed by atoms with van der Waals surface area (Å²) in [5, 5.41) is 2.81. The van der Waals surface area contributed by atoms with Crippen molar-refractivity contribution in [2.24, 2.45) is 5.73 Å². The molecule has 0 aromatic carbocycles. The molecule has 2 atom stereocenters. The van der Waals surface area contributed by atoms with E-state index in [1.54, 1.807) is 0 Å². The van der Waals surface area contributed by atoms with Gasteiger partial charge in [-0.05, 0) is 32.1 Å². The summed E-state index contributed by atoms with van der Waals surface area (Å²) >= 11 is 0. The summed E-state index contributed by atoms with van der Waals surface area (Å²) in [5.41, 5.74) is 5.35. The zero-order valence-electron chi connectivity index (χ0n) is 15.6. The summed E-state index contributed by atoms with van der Waals surface area (Å²) in [5.74, 6) is 0.138. The number of amides is 1. The highest BCUT2D eigenvalue weighted by molar-refractivity contribution is 5.75. The fraction of sp³-hybridized carbons (Fsp3) is 0.850. The van der Waals surface area contributed by atoms with Gasteiger partial charge in [0.05, 0.1) is 12.2 Å². The van der Waals surface area contributed by atoms with Gasteiger partial charge in [0.2, 0.25) is 5.91 Å². The van der Waals surface area contributed by atoms with Crippen LogP contribution >= 0.6 is 0 Å². The summed E-state index contributed by atoms with van der Waals surface area (Å²) in [7, 11) is 0. The van der Waals surface area contributed by atoms with E-state index in [2.05, 4.69) is 24.4 Å². The SMILES string of the molecule is CCCCCC1OC1C/C=C/CCCCCCCC(=O)NCCN. The molecule has 0 aromatic heterocycles. The highest BCUT2D eigenvalue weighted by atomic mass is 16.6. The number of nitrogens with two attached hydrogens (primary N) is 1. The monoisotopic (exact) mass is 338 g/mol. The summed E-state index contributed by atoms with van der Waals surface area (Å²) in [4.78, 5) is 11.4. The van der Waals surface area contributed by atoms with Crippen LogP contribution in [0.4, 0.5) is 0 Å². The standard InChI is InChI=1S/C20H38N2O2/c1-2-3-10-13-18-19(24-18)14-11-8-6-4-5-7-9-12-15-20(23)22-17-16-21/h8,11,18-19H,2-7,9-10,12-17,21H2,1H3,(H,22,23)/b11-8+. The van der Waals surface area contributed by atoms with Crippen LogP contribution in [0.2, 0.25) is 0 Å². The van der Waals surface area contributed by atoms with E-state index in [1.807, 2.05) is 0 Å². The molecule has 1 fully saturated rings. The number of hydrogen-bond acceptors (Lipinski definition) is 3. The van der Waals surface area contributed by atoms with Gasteiger partial charge in [0, 0.05) is 19.5 Å². The number of hydrogen-bond donors (Lipinski definition) is 2. The van der Waals surface area contributed by atoms with Gasteiger partial charge in [0.25, 0.3) is 0 Å². The van der Waals surface area contributed by atoms with Crippen LogP contribution in [0.15, 0.2) is 12.2 Å². The van der Waals surface area contributed by atoms with Gasteiger partial charge in [-0.3, -0.25) is 4.79 Å². The second kappa shape index (κ2) is 14.5. The molecular formula is C20H38N2O2. The number of unbranched alkanes of at least 4 members (excludes halogenated alkanes) is 7. The second-order valence-electron chi connectivity index (χ2n) is 6.86. The van der Waals surface area contributed by atoms with Gasteiger partial charge in [-0.1, -0.05) is 57.6 Å². The van der Waals surface area contributed by atoms with Crippen LogP contribution in [0.5, 0.6) is 0 Å². The molecule has 1 heterocycles. The van der Waals surface area contributed by atoms with Crippen LogP contribution in [0.1, 0.15) is 84.0 Å². The van der Waals surface area contributed by atoms with Gasteiger partial charge < -0.3 is 15.8 Å². The molecule has 0 saturated carbocycles. The molecule has 24 heavy (non-hydrogen) atoms. The minimum atomic E-state index is 0.138. The maximum absolute atomic E-state index is 11.4. The minimum Gasteiger partial charge on any atom is -0.369 e. The largest absolute Gasteiger partial charge is 0.369 e. The number of nitrogens with one attached hydrogen (secondary N) is 1. The predicted octanol–water partition coefficient (Wildman–Crippen LogP) is 4.09. The molecule has 1 rings (SSSR count). The number of ether oxygens (including phenoxy) is 1. The number of epoxide rings is 1. The lowest BCUT2D eigenvalue weighted by molar-refractivity contribution is -0.121. The Morgan fingerprint density at radius 3 is 2.62 bits per heavy atom. The molecule has 0 aromatic rings. The van der Waals surface area contributed by atoms with Gasteiger partial charge in [-0.2, -0.15) is 0 Å². The smallest absolute Gasteiger partial charge is 0.220 e. The number of carbonyl (C=O) groups is 1. The molecule has 4 nitrogen and oxygen atoms in total.